The number of hydrogen-bond acceptors (Lipinski definition) is 6. The highest BCUT2D eigenvalue weighted by Gasteiger charge is 2.54. The molecule has 1 aliphatic heterocycles. The molecule has 1 fully saturated rings. The predicted molar refractivity (Wildman–Crippen MR) is 140 cm³/mol. The molecule has 1 heterocycles. The summed E-state index contributed by atoms with van der Waals surface area (Å²) < 4.78 is 6.50. The molecular formula is C24H24Cl3N3O4S. The van der Waals surface area contributed by atoms with Crippen LogP contribution in [0.3, 0.4) is 0 Å². The Kier molecular flexibility index (Phi) is 9.35. The zero-order valence-electron chi connectivity index (χ0n) is 18.7. The summed E-state index contributed by atoms with van der Waals surface area (Å²) in [5.74, 6) is -1.54. The van der Waals surface area contributed by atoms with Crippen molar-refractivity contribution in [2.45, 2.75) is 34.6 Å². The lowest BCUT2D eigenvalue weighted by Gasteiger charge is -2.49. The van der Waals surface area contributed by atoms with Crippen molar-refractivity contribution in [2.24, 2.45) is 0 Å². The minimum atomic E-state index is -1.80. The molecule has 1 saturated heterocycles. The normalized spacial score (nSPS) is 18.3. The van der Waals surface area contributed by atoms with Gasteiger partial charge >= 0.3 is 5.97 Å². The van der Waals surface area contributed by atoms with Gasteiger partial charge in [-0.3, -0.25) is 9.59 Å². The highest BCUT2D eigenvalue weighted by molar-refractivity contribution is 8.01. The molecule has 3 rings (SSSR count). The van der Waals surface area contributed by atoms with Crippen LogP contribution in [0.4, 0.5) is 5.69 Å². The molecule has 0 aromatic heterocycles. The smallest absolute Gasteiger partial charge is 0.333 e. The first-order valence-electron chi connectivity index (χ1n) is 10.6. The standard InChI is InChI=1S/C24H24Cl3N3O4S/c1-15(2)20(23(33)34-14-24(25,26)27)30-21(32)19(22(30)35-29-17-11-7-4-8-12-17)28-18(31)13-16-9-5-3-6-10-16/h3-12,19-20,22,29H,1,13-14H2,2H3,(H,28,31). The number of carbonyl (C=O) groups is 3. The average Bonchev–Trinajstić information content (AvgIpc) is 2.81. The number of rotatable bonds is 10. The van der Waals surface area contributed by atoms with Crippen molar-refractivity contribution < 1.29 is 19.1 Å². The molecule has 3 unspecified atom stereocenters. The van der Waals surface area contributed by atoms with Gasteiger partial charge in [0, 0.05) is 5.69 Å². The van der Waals surface area contributed by atoms with E-state index in [0.717, 1.165) is 11.3 Å². The fourth-order valence-electron chi connectivity index (χ4n) is 3.44. The van der Waals surface area contributed by atoms with Crippen LogP contribution in [0.25, 0.3) is 0 Å². The number of para-hydroxylation sites is 1. The number of hydrogen-bond donors (Lipinski definition) is 2. The Morgan fingerprint density at radius 3 is 2.29 bits per heavy atom. The summed E-state index contributed by atoms with van der Waals surface area (Å²) in [5.41, 5.74) is 1.97. The number of amides is 2. The van der Waals surface area contributed by atoms with Crippen LogP contribution in [-0.2, 0) is 25.5 Å². The lowest BCUT2D eigenvalue weighted by molar-refractivity contribution is -0.162. The van der Waals surface area contributed by atoms with Crippen molar-refractivity contribution >= 4 is 70.2 Å². The van der Waals surface area contributed by atoms with Gasteiger partial charge in [0.05, 0.1) is 6.42 Å². The highest BCUT2D eigenvalue weighted by Crippen LogP contribution is 2.35. The maximum Gasteiger partial charge on any atom is 0.333 e. The largest absolute Gasteiger partial charge is 0.459 e. The van der Waals surface area contributed by atoms with E-state index in [0.29, 0.717) is 5.57 Å². The Labute approximate surface area is 223 Å². The Bertz CT molecular complexity index is 1070. The third-order valence-corrected chi connectivity index (χ3v) is 6.44. The van der Waals surface area contributed by atoms with E-state index in [1.54, 1.807) is 6.92 Å². The summed E-state index contributed by atoms with van der Waals surface area (Å²) in [7, 11) is 0. The third kappa shape index (κ3) is 7.54. The summed E-state index contributed by atoms with van der Waals surface area (Å²) >= 11 is 18.3. The summed E-state index contributed by atoms with van der Waals surface area (Å²) in [5, 5.41) is 2.15. The van der Waals surface area contributed by atoms with Gasteiger partial charge in [0.2, 0.25) is 15.6 Å². The number of likely N-dealkylation sites (tertiary alicyclic amines) is 1. The number of β-lactam (4-membered cyclic amide) rings is 1. The first-order valence-corrected chi connectivity index (χ1v) is 12.6. The van der Waals surface area contributed by atoms with Gasteiger partial charge in [-0.05, 0) is 42.1 Å². The van der Waals surface area contributed by atoms with Gasteiger partial charge in [0.15, 0.2) is 6.04 Å². The van der Waals surface area contributed by atoms with E-state index in [-0.39, 0.29) is 12.3 Å². The fourth-order valence-corrected chi connectivity index (χ4v) is 4.66. The molecule has 0 saturated carbocycles. The molecule has 186 valence electrons. The number of nitrogens with zero attached hydrogens (tertiary/aromatic N) is 1. The summed E-state index contributed by atoms with van der Waals surface area (Å²) in [6.45, 7) is 4.96. The fraction of sp³-hybridized carbons (Fsp3) is 0.292. The molecule has 11 heteroatoms. The predicted octanol–water partition coefficient (Wildman–Crippen LogP) is 4.50. The van der Waals surface area contributed by atoms with E-state index in [1.807, 2.05) is 60.7 Å². The second kappa shape index (κ2) is 12.0. The van der Waals surface area contributed by atoms with Gasteiger partial charge < -0.3 is 19.7 Å². The maximum atomic E-state index is 13.2. The molecule has 0 spiro atoms. The van der Waals surface area contributed by atoms with Crippen molar-refractivity contribution in [3.8, 4) is 0 Å². The van der Waals surface area contributed by atoms with Crippen LogP contribution in [-0.4, -0.2) is 50.5 Å². The Morgan fingerprint density at radius 1 is 1.11 bits per heavy atom. The molecule has 0 aliphatic carbocycles. The van der Waals surface area contributed by atoms with Gasteiger partial charge in [0.25, 0.3) is 0 Å². The second-order valence-electron chi connectivity index (χ2n) is 7.90. The van der Waals surface area contributed by atoms with Crippen molar-refractivity contribution in [1.82, 2.24) is 10.2 Å². The number of ether oxygens (including phenoxy) is 1. The van der Waals surface area contributed by atoms with Crippen molar-refractivity contribution in [2.75, 3.05) is 11.3 Å². The van der Waals surface area contributed by atoms with E-state index >= 15 is 0 Å². The molecule has 2 amide bonds. The van der Waals surface area contributed by atoms with E-state index < -0.39 is 39.7 Å². The minimum absolute atomic E-state index is 0.114. The topological polar surface area (TPSA) is 87.7 Å². The Hall–Kier alpha value is -2.39. The molecule has 2 aromatic rings. The zero-order chi connectivity index (χ0) is 25.6. The lowest BCUT2D eigenvalue weighted by Crippen LogP contribution is -2.73. The van der Waals surface area contributed by atoms with Crippen LogP contribution in [0.15, 0.2) is 72.8 Å². The maximum absolute atomic E-state index is 13.2. The molecule has 3 atom stereocenters. The SMILES string of the molecule is C=C(C)C(C(=O)OCC(Cl)(Cl)Cl)N1C(=O)C(NC(=O)Cc2ccccc2)C1SNc1ccccc1. The number of halogens is 3. The van der Waals surface area contributed by atoms with Crippen LogP contribution in [0.2, 0.25) is 0 Å². The number of carbonyl (C=O) groups excluding carboxylic acids is 3. The number of anilines is 1. The number of alkyl halides is 3. The van der Waals surface area contributed by atoms with E-state index in [4.69, 9.17) is 39.5 Å². The van der Waals surface area contributed by atoms with Crippen molar-refractivity contribution in [3.05, 3.63) is 78.4 Å². The van der Waals surface area contributed by atoms with E-state index in [1.165, 1.54) is 16.8 Å². The Balaban J connectivity index is 1.77. The molecule has 7 nitrogen and oxygen atoms in total. The molecular weight excluding hydrogens is 533 g/mol. The van der Waals surface area contributed by atoms with Crippen molar-refractivity contribution in [3.63, 3.8) is 0 Å². The van der Waals surface area contributed by atoms with Crippen LogP contribution in [0.1, 0.15) is 12.5 Å². The van der Waals surface area contributed by atoms with Gasteiger partial charge in [-0.2, -0.15) is 0 Å². The second-order valence-corrected chi connectivity index (χ2v) is 11.3. The summed E-state index contributed by atoms with van der Waals surface area (Å²) in [6.07, 6.45) is 0.114. The molecule has 1 aliphatic rings. The highest BCUT2D eigenvalue weighted by atomic mass is 35.6. The first-order chi connectivity index (χ1) is 16.6. The third-order valence-electron chi connectivity index (χ3n) is 5.02. The number of benzene rings is 2. The number of nitrogens with one attached hydrogen (secondary N) is 2. The quantitative estimate of drug-likeness (QED) is 0.147. The minimum Gasteiger partial charge on any atom is -0.459 e. The van der Waals surface area contributed by atoms with E-state index in [9.17, 15) is 14.4 Å². The first kappa shape index (κ1) is 27.2. The lowest BCUT2D eigenvalue weighted by atomic mass is 9.99. The molecule has 2 aromatic carbocycles. The van der Waals surface area contributed by atoms with Crippen LogP contribution in [0.5, 0.6) is 0 Å². The van der Waals surface area contributed by atoms with Crippen LogP contribution >= 0.6 is 46.8 Å². The van der Waals surface area contributed by atoms with Crippen LogP contribution < -0.4 is 10.0 Å². The zero-order valence-corrected chi connectivity index (χ0v) is 21.8. The molecule has 2 N–H and O–H groups in total. The monoisotopic (exact) mass is 555 g/mol. The number of esters is 1. The van der Waals surface area contributed by atoms with Crippen LogP contribution in [0, 0.1) is 0 Å². The van der Waals surface area contributed by atoms with E-state index in [2.05, 4.69) is 16.6 Å². The van der Waals surface area contributed by atoms with Crippen molar-refractivity contribution in [1.29, 1.82) is 0 Å². The van der Waals surface area contributed by atoms with Gasteiger partial charge in [-0.1, -0.05) is 89.9 Å². The summed E-state index contributed by atoms with van der Waals surface area (Å²) in [6, 6.07) is 16.5. The molecule has 0 radical (unpaired) electrons. The Morgan fingerprint density at radius 2 is 1.71 bits per heavy atom. The van der Waals surface area contributed by atoms with Gasteiger partial charge in [-0.25, -0.2) is 4.79 Å². The van der Waals surface area contributed by atoms with Gasteiger partial charge in [-0.15, -0.1) is 0 Å². The molecule has 0 bridgehead atoms. The summed E-state index contributed by atoms with van der Waals surface area (Å²) in [4.78, 5) is 40.0. The van der Waals surface area contributed by atoms with Gasteiger partial charge in [0.1, 0.15) is 18.0 Å². The molecule has 35 heavy (non-hydrogen) atoms. The average molecular weight is 557 g/mol.